The molecule has 1 aromatic carbocycles. The van der Waals surface area contributed by atoms with Crippen molar-refractivity contribution in [3.63, 3.8) is 0 Å². The number of hydrogen-bond donors (Lipinski definition) is 1. The van der Waals surface area contributed by atoms with Gasteiger partial charge in [-0.05, 0) is 37.3 Å². The summed E-state index contributed by atoms with van der Waals surface area (Å²) in [5.74, 6) is 0. The summed E-state index contributed by atoms with van der Waals surface area (Å²) in [5.41, 5.74) is 10.8. The fraction of sp³-hybridized carbons (Fsp3) is 0.600. The van der Waals surface area contributed by atoms with Crippen LogP contribution < -0.4 is 5.73 Å². The van der Waals surface area contributed by atoms with Crippen molar-refractivity contribution < 1.29 is 0 Å². The SMILES string of the molecule is CCc1ccc(C)cc1C1(CN)CCCC1. The lowest BCUT2D eigenvalue weighted by atomic mass is 9.76. The maximum atomic E-state index is 6.07. The van der Waals surface area contributed by atoms with E-state index in [4.69, 9.17) is 5.73 Å². The van der Waals surface area contributed by atoms with Gasteiger partial charge >= 0.3 is 0 Å². The van der Waals surface area contributed by atoms with Crippen LogP contribution in [-0.4, -0.2) is 6.54 Å². The van der Waals surface area contributed by atoms with Gasteiger partial charge in [-0.3, -0.25) is 0 Å². The van der Waals surface area contributed by atoms with E-state index in [9.17, 15) is 0 Å². The summed E-state index contributed by atoms with van der Waals surface area (Å²) in [5, 5.41) is 0. The highest BCUT2D eigenvalue weighted by atomic mass is 14.6. The topological polar surface area (TPSA) is 26.0 Å². The van der Waals surface area contributed by atoms with Crippen LogP contribution in [0, 0.1) is 6.92 Å². The largest absolute Gasteiger partial charge is 0.330 e. The van der Waals surface area contributed by atoms with E-state index >= 15 is 0 Å². The summed E-state index contributed by atoms with van der Waals surface area (Å²) < 4.78 is 0. The summed E-state index contributed by atoms with van der Waals surface area (Å²) in [6, 6.07) is 6.89. The third kappa shape index (κ3) is 1.89. The van der Waals surface area contributed by atoms with Crippen LogP contribution in [0.5, 0.6) is 0 Å². The molecule has 1 nitrogen and oxygen atoms in total. The second kappa shape index (κ2) is 4.58. The number of benzene rings is 1. The number of aryl methyl sites for hydroxylation is 2. The molecule has 2 N–H and O–H groups in total. The molecule has 0 saturated heterocycles. The van der Waals surface area contributed by atoms with Crippen molar-refractivity contribution in [1.29, 1.82) is 0 Å². The lowest BCUT2D eigenvalue weighted by Crippen LogP contribution is -2.33. The first-order valence-electron chi connectivity index (χ1n) is 6.52. The fourth-order valence-electron chi connectivity index (χ4n) is 3.13. The van der Waals surface area contributed by atoms with E-state index in [1.165, 1.54) is 42.4 Å². The molecule has 0 bridgehead atoms. The summed E-state index contributed by atoms with van der Waals surface area (Å²) in [7, 11) is 0. The highest BCUT2D eigenvalue weighted by Crippen LogP contribution is 2.42. The van der Waals surface area contributed by atoms with Crippen molar-refractivity contribution in [3.05, 3.63) is 34.9 Å². The molecule has 1 aliphatic carbocycles. The number of nitrogens with two attached hydrogens (primary N) is 1. The van der Waals surface area contributed by atoms with Crippen LogP contribution in [0.3, 0.4) is 0 Å². The molecule has 1 saturated carbocycles. The van der Waals surface area contributed by atoms with Gasteiger partial charge in [0, 0.05) is 12.0 Å². The molecule has 1 heteroatoms. The maximum Gasteiger partial charge on any atom is 0.00783 e. The minimum atomic E-state index is 0.289. The minimum absolute atomic E-state index is 0.289. The lowest BCUT2D eigenvalue weighted by molar-refractivity contribution is 0.449. The molecule has 0 aromatic heterocycles. The summed E-state index contributed by atoms with van der Waals surface area (Å²) in [6.07, 6.45) is 6.36. The molecule has 0 unspecified atom stereocenters. The monoisotopic (exact) mass is 217 g/mol. The quantitative estimate of drug-likeness (QED) is 0.825. The Morgan fingerprint density at radius 2 is 1.94 bits per heavy atom. The fourth-order valence-corrected chi connectivity index (χ4v) is 3.13. The normalized spacial score (nSPS) is 18.9. The van der Waals surface area contributed by atoms with Gasteiger partial charge in [-0.2, -0.15) is 0 Å². The molecule has 0 aliphatic heterocycles. The minimum Gasteiger partial charge on any atom is -0.330 e. The van der Waals surface area contributed by atoms with Gasteiger partial charge in [0.2, 0.25) is 0 Å². The zero-order chi connectivity index (χ0) is 11.6. The first kappa shape index (κ1) is 11.7. The molecule has 0 heterocycles. The van der Waals surface area contributed by atoms with Crippen molar-refractivity contribution >= 4 is 0 Å². The molecule has 0 radical (unpaired) electrons. The molecular formula is C15H23N. The second-order valence-corrected chi connectivity index (χ2v) is 5.21. The Labute approximate surface area is 99.0 Å². The summed E-state index contributed by atoms with van der Waals surface area (Å²) >= 11 is 0. The average Bonchev–Trinajstić information content (AvgIpc) is 2.78. The Kier molecular flexibility index (Phi) is 3.34. The van der Waals surface area contributed by atoms with Crippen LogP contribution in [0.2, 0.25) is 0 Å². The van der Waals surface area contributed by atoms with Gasteiger partial charge in [-0.25, -0.2) is 0 Å². The predicted molar refractivity (Wildman–Crippen MR) is 69.8 cm³/mol. The Balaban J connectivity index is 2.47. The van der Waals surface area contributed by atoms with Gasteiger partial charge in [0.15, 0.2) is 0 Å². The summed E-state index contributed by atoms with van der Waals surface area (Å²) in [4.78, 5) is 0. The second-order valence-electron chi connectivity index (χ2n) is 5.21. The standard InChI is InChI=1S/C15H23N/c1-3-13-7-6-12(2)10-14(13)15(11-16)8-4-5-9-15/h6-7,10H,3-5,8-9,11,16H2,1-2H3. The van der Waals surface area contributed by atoms with E-state index < -0.39 is 0 Å². The molecule has 1 aliphatic rings. The highest BCUT2D eigenvalue weighted by Gasteiger charge is 2.35. The molecule has 16 heavy (non-hydrogen) atoms. The van der Waals surface area contributed by atoms with Crippen molar-refractivity contribution in [2.75, 3.05) is 6.54 Å². The molecule has 0 amide bonds. The first-order chi connectivity index (χ1) is 7.72. The number of hydrogen-bond acceptors (Lipinski definition) is 1. The van der Waals surface area contributed by atoms with Crippen molar-refractivity contribution in [1.82, 2.24) is 0 Å². The zero-order valence-electron chi connectivity index (χ0n) is 10.6. The molecule has 0 spiro atoms. The van der Waals surface area contributed by atoms with Crippen LogP contribution in [0.25, 0.3) is 0 Å². The van der Waals surface area contributed by atoms with Crippen molar-refractivity contribution in [3.8, 4) is 0 Å². The molecule has 1 aromatic rings. The van der Waals surface area contributed by atoms with E-state index in [1.807, 2.05) is 0 Å². The van der Waals surface area contributed by atoms with Crippen LogP contribution in [0.1, 0.15) is 49.3 Å². The van der Waals surface area contributed by atoms with Gasteiger partial charge in [0.05, 0.1) is 0 Å². The van der Waals surface area contributed by atoms with Gasteiger partial charge in [-0.1, -0.05) is 43.5 Å². The molecule has 2 rings (SSSR count). The average molecular weight is 217 g/mol. The van der Waals surface area contributed by atoms with E-state index in [-0.39, 0.29) is 5.41 Å². The van der Waals surface area contributed by atoms with Crippen molar-refractivity contribution in [2.24, 2.45) is 5.73 Å². The predicted octanol–water partition coefficient (Wildman–Crippen LogP) is 3.33. The van der Waals surface area contributed by atoms with Crippen LogP contribution >= 0.6 is 0 Å². The molecular weight excluding hydrogens is 194 g/mol. The van der Waals surface area contributed by atoms with E-state index in [0.29, 0.717) is 0 Å². The van der Waals surface area contributed by atoms with Crippen molar-refractivity contribution in [2.45, 2.75) is 51.4 Å². The summed E-state index contributed by atoms with van der Waals surface area (Å²) in [6.45, 7) is 5.24. The third-order valence-electron chi connectivity index (χ3n) is 4.17. The Morgan fingerprint density at radius 3 is 2.50 bits per heavy atom. The van der Waals surface area contributed by atoms with Gasteiger partial charge in [-0.15, -0.1) is 0 Å². The van der Waals surface area contributed by atoms with Gasteiger partial charge < -0.3 is 5.73 Å². The van der Waals surface area contributed by atoms with E-state index in [2.05, 4.69) is 32.0 Å². The van der Waals surface area contributed by atoms with Crippen LogP contribution in [0.15, 0.2) is 18.2 Å². The van der Waals surface area contributed by atoms with Gasteiger partial charge in [0.25, 0.3) is 0 Å². The van der Waals surface area contributed by atoms with E-state index in [0.717, 1.165) is 13.0 Å². The maximum absolute atomic E-state index is 6.07. The molecule has 88 valence electrons. The zero-order valence-corrected chi connectivity index (χ0v) is 10.6. The first-order valence-corrected chi connectivity index (χ1v) is 6.52. The van der Waals surface area contributed by atoms with Gasteiger partial charge in [0.1, 0.15) is 0 Å². The number of rotatable bonds is 3. The van der Waals surface area contributed by atoms with Crippen LogP contribution in [-0.2, 0) is 11.8 Å². The molecule has 1 fully saturated rings. The third-order valence-corrected chi connectivity index (χ3v) is 4.17. The molecule has 0 atom stereocenters. The highest BCUT2D eigenvalue weighted by molar-refractivity contribution is 5.38. The smallest absolute Gasteiger partial charge is 0.00783 e. The Bertz CT molecular complexity index is 362. The van der Waals surface area contributed by atoms with E-state index in [1.54, 1.807) is 0 Å². The Hall–Kier alpha value is -0.820. The van der Waals surface area contributed by atoms with Crippen LogP contribution in [0.4, 0.5) is 0 Å². The Morgan fingerprint density at radius 1 is 1.25 bits per heavy atom. The lowest BCUT2D eigenvalue weighted by Gasteiger charge is -2.30.